The summed E-state index contributed by atoms with van der Waals surface area (Å²) in [6.07, 6.45) is 1.73. The average molecular weight is 149 g/mol. The second-order valence-electron chi connectivity index (χ2n) is 2.71. The smallest absolute Gasteiger partial charge is 0.178 e. The van der Waals surface area contributed by atoms with Gasteiger partial charge in [-0.15, -0.1) is 0 Å². The summed E-state index contributed by atoms with van der Waals surface area (Å²) in [7, 11) is 0. The van der Waals surface area contributed by atoms with E-state index in [9.17, 15) is 4.79 Å². The first-order valence-corrected chi connectivity index (χ1v) is 3.55. The normalized spacial score (nSPS) is 9.73. The number of carbonyl (C=O) groups is 1. The molecule has 0 saturated heterocycles. The molecule has 2 nitrogen and oxygen atoms in total. The van der Waals surface area contributed by atoms with E-state index in [0.717, 1.165) is 11.1 Å². The average Bonchev–Trinajstić information content (AvgIpc) is 1.94. The Hall–Kier alpha value is -1.18. The Balaban J connectivity index is 3.15. The number of hydrogen-bond donors (Lipinski definition) is 0. The van der Waals surface area contributed by atoms with E-state index in [1.54, 1.807) is 6.20 Å². The Morgan fingerprint density at radius 3 is 2.45 bits per heavy atom. The monoisotopic (exact) mass is 149 g/mol. The number of aromatic nitrogens is 1. The highest BCUT2D eigenvalue weighted by atomic mass is 16.1. The first-order chi connectivity index (χ1) is 5.11. The number of Topliss-reactive ketones (excluding diaryl/α,β-unsaturated/α-hetero) is 1. The van der Waals surface area contributed by atoms with Crippen LogP contribution in [0.5, 0.6) is 0 Å². The van der Waals surface area contributed by atoms with E-state index in [1.807, 2.05) is 19.9 Å². The van der Waals surface area contributed by atoms with Crippen molar-refractivity contribution in [1.29, 1.82) is 0 Å². The SMILES string of the molecule is CC(=O)c1cc(C)c(C)cn1. The Kier molecular flexibility index (Phi) is 2.03. The fraction of sp³-hybridized carbons (Fsp3) is 0.333. The Bertz CT molecular complexity index is 292. The van der Waals surface area contributed by atoms with Crippen LogP contribution < -0.4 is 0 Å². The lowest BCUT2D eigenvalue weighted by Crippen LogP contribution is -1.97. The molecule has 0 unspecified atom stereocenters. The van der Waals surface area contributed by atoms with Crippen LogP contribution in [-0.4, -0.2) is 10.8 Å². The van der Waals surface area contributed by atoms with Crippen LogP contribution in [0.3, 0.4) is 0 Å². The van der Waals surface area contributed by atoms with Crippen LogP contribution in [0.15, 0.2) is 12.3 Å². The van der Waals surface area contributed by atoms with Gasteiger partial charge in [0, 0.05) is 13.1 Å². The fourth-order valence-electron chi connectivity index (χ4n) is 0.817. The summed E-state index contributed by atoms with van der Waals surface area (Å²) >= 11 is 0. The number of rotatable bonds is 1. The van der Waals surface area contributed by atoms with Crippen LogP contribution in [0.1, 0.15) is 28.5 Å². The van der Waals surface area contributed by atoms with Gasteiger partial charge in [0.2, 0.25) is 0 Å². The second kappa shape index (κ2) is 2.82. The van der Waals surface area contributed by atoms with Gasteiger partial charge in [0.15, 0.2) is 5.78 Å². The van der Waals surface area contributed by atoms with Crippen molar-refractivity contribution in [3.8, 4) is 0 Å². The first kappa shape index (κ1) is 7.92. The molecule has 0 radical (unpaired) electrons. The standard InChI is InChI=1S/C9H11NO/c1-6-4-9(8(3)11)10-5-7(6)2/h4-5H,1-3H3. The molecule has 1 heterocycles. The van der Waals surface area contributed by atoms with E-state index in [0.29, 0.717) is 5.69 Å². The Labute approximate surface area is 66.3 Å². The molecule has 0 bridgehead atoms. The number of ketones is 1. The highest BCUT2D eigenvalue weighted by Gasteiger charge is 2.01. The molecule has 0 aliphatic heterocycles. The third-order valence-corrected chi connectivity index (χ3v) is 1.73. The van der Waals surface area contributed by atoms with Crippen molar-refractivity contribution in [2.24, 2.45) is 0 Å². The number of carbonyl (C=O) groups excluding carboxylic acids is 1. The van der Waals surface area contributed by atoms with Crippen LogP contribution in [0.25, 0.3) is 0 Å². The number of hydrogen-bond acceptors (Lipinski definition) is 2. The van der Waals surface area contributed by atoms with Crippen molar-refractivity contribution in [2.45, 2.75) is 20.8 Å². The third kappa shape index (κ3) is 1.64. The lowest BCUT2D eigenvalue weighted by Gasteiger charge is -1.99. The highest BCUT2D eigenvalue weighted by molar-refractivity contribution is 5.92. The van der Waals surface area contributed by atoms with Crippen molar-refractivity contribution in [3.05, 3.63) is 29.1 Å². The predicted octanol–water partition coefficient (Wildman–Crippen LogP) is 1.90. The molecule has 1 aromatic rings. The topological polar surface area (TPSA) is 30.0 Å². The van der Waals surface area contributed by atoms with Gasteiger partial charge in [0.05, 0.1) is 0 Å². The van der Waals surface area contributed by atoms with E-state index < -0.39 is 0 Å². The van der Waals surface area contributed by atoms with E-state index in [2.05, 4.69) is 4.98 Å². The quantitative estimate of drug-likeness (QED) is 0.571. The molecule has 11 heavy (non-hydrogen) atoms. The molecule has 0 amide bonds. The maximum atomic E-state index is 10.8. The minimum Gasteiger partial charge on any atom is -0.293 e. The second-order valence-corrected chi connectivity index (χ2v) is 2.71. The zero-order chi connectivity index (χ0) is 8.43. The largest absolute Gasteiger partial charge is 0.293 e. The number of nitrogens with zero attached hydrogens (tertiary/aromatic N) is 1. The van der Waals surface area contributed by atoms with Crippen LogP contribution in [0.4, 0.5) is 0 Å². The Morgan fingerprint density at radius 2 is 2.00 bits per heavy atom. The van der Waals surface area contributed by atoms with Gasteiger partial charge < -0.3 is 0 Å². The Morgan fingerprint density at radius 1 is 1.36 bits per heavy atom. The van der Waals surface area contributed by atoms with Crippen LogP contribution in [-0.2, 0) is 0 Å². The maximum absolute atomic E-state index is 10.8. The van der Waals surface area contributed by atoms with Gasteiger partial charge in [-0.05, 0) is 31.0 Å². The summed E-state index contributed by atoms with van der Waals surface area (Å²) in [5.41, 5.74) is 2.79. The fourth-order valence-corrected chi connectivity index (χ4v) is 0.817. The zero-order valence-electron chi connectivity index (χ0n) is 7.01. The van der Waals surface area contributed by atoms with Crippen molar-refractivity contribution in [2.75, 3.05) is 0 Å². The summed E-state index contributed by atoms with van der Waals surface area (Å²) in [5.74, 6) is 0.0214. The van der Waals surface area contributed by atoms with Gasteiger partial charge in [-0.2, -0.15) is 0 Å². The molecule has 0 aromatic carbocycles. The van der Waals surface area contributed by atoms with Crippen molar-refractivity contribution >= 4 is 5.78 Å². The minimum atomic E-state index is 0.0214. The molecule has 0 aliphatic carbocycles. The van der Waals surface area contributed by atoms with Crippen LogP contribution in [0.2, 0.25) is 0 Å². The third-order valence-electron chi connectivity index (χ3n) is 1.73. The summed E-state index contributed by atoms with van der Waals surface area (Å²) in [6.45, 7) is 5.48. The number of pyridine rings is 1. The molecule has 0 saturated carbocycles. The zero-order valence-corrected chi connectivity index (χ0v) is 7.01. The van der Waals surface area contributed by atoms with Gasteiger partial charge in [-0.3, -0.25) is 9.78 Å². The molecule has 1 aromatic heterocycles. The minimum absolute atomic E-state index is 0.0214. The lowest BCUT2D eigenvalue weighted by atomic mass is 10.1. The maximum Gasteiger partial charge on any atom is 0.178 e. The van der Waals surface area contributed by atoms with E-state index in [1.165, 1.54) is 6.92 Å². The lowest BCUT2D eigenvalue weighted by molar-refractivity contribution is 0.101. The molecule has 2 heteroatoms. The van der Waals surface area contributed by atoms with E-state index >= 15 is 0 Å². The molecule has 1 rings (SSSR count). The molecular weight excluding hydrogens is 138 g/mol. The predicted molar refractivity (Wildman–Crippen MR) is 43.7 cm³/mol. The summed E-state index contributed by atoms with van der Waals surface area (Å²) in [5, 5.41) is 0. The van der Waals surface area contributed by atoms with Gasteiger partial charge in [0.1, 0.15) is 5.69 Å². The van der Waals surface area contributed by atoms with Gasteiger partial charge in [-0.25, -0.2) is 0 Å². The van der Waals surface area contributed by atoms with Crippen LogP contribution in [0, 0.1) is 13.8 Å². The van der Waals surface area contributed by atoms with Crippen molar-refractivity contribution in [1.82, 2.24) is 4.98 Å². The summed E-state index contributed by atoms with van der Waals surface area (Å²) in [4.78, 5) is 14.8. The van der Waals surface area contributed by atoms with Gasteiger partial charge in [-0.1, -0.05) is 0 Å². The molecule has 0 atom stereocenters. The molecule has 58 valence electrons. The first-order valence-electron chi connectivity index (χ1n) is 3.55. The molecule has 0 spiro atoms. The summed E-state index contributed by atoms with van der Waals surface area (Å²) < 4.78 is 0. The molecule has 0 fully saturated rings. The van der Waals surface area contributed by atoms with Crippen molar-refractivity contribution in [3.63, 3.8) is 0 Å². The van der Waals surface area contributed by atoms with Crippen LogP contribution >= 0.6 is 0 Å². The molecular formula is C9H11NO. The molecule has 0 N–H and O–H groups in total. The highest BCUT2D eigenvalue weighted by Crippen LogP contribution is 2.06. The van der Waals surface area contributed by atoms with E-state index in [-0.39, 0.29) is 5.78 Å². The van der Waals surface area contributed by atoms with Crippen molar-refractivity contribution < 1.29 is 4.79 Å². The van der Waals surface area contributed by atoms with Gasteiger partial charge >= 0.3 is 0 Å². The van der Waals surface area contributed by atoms with Gasteiger partial charge in [0.25, 0.3) is 0 Å². The molecule has 0 aliphatic rings. The summed E-state index contributed by atoms with van der Waals surface area (Å²) in [6, 6.07) is 1.82. The number of aryl methyl sites for hydroxylation is 2. The van der Waals surface area contributed by atoms with E-state index in [4.69, 9.17) is 0 Å².